The highest BCUT2D eigenvalue weighted by Gasteiger charge is 2.17. The molecule has 0 aliphatic carbocycles. The van der Waals surface area contributed by atoms with Crippen molar-refractivity contribution in [2.75, 3.05) is 30.7 Å². The van der Waals surface area contributed by atoms with Crippen LogP contribution in [0.2, 0.25) is 0 Å². The fourth-order valence-corrected chi connectivity index (χ4v) is 3.22. The number of aryl methyl sites for hydroxylation is 1. The van der Waals surface area contributed by atoms with Gasteiger partial charge in [-0.15, -0.1) is 0 Å². The number of rotatable bonds is 7. The van der Waals surface area contributed by atoms with Crippen LogP contribution in [0, 0.1) is 6.92 Å². The summed E-state index contributed by atoms with van der Waals surface area (Å²) >= 11 is 0. The maximum Gasteiger partial charge on any atom is 0.215 e. The third kappa shape index (κ3) is 5.73. The number of sulfonamides is 1. The van der Waals surface area contributed by atoms with E-state index in [0.717, 1.165) is 11.3 Å². The zero-order chi connectivity index (χ0) is 15.9. The summed E-state index contributed by atoms with van der Waals surface area (Å²) in [5.74, 6) is 0.180. The number of aliphatic imine (C=N–C) groups is 1. The lowest BCUT2D eigenvalue weighted by atomic mass is 10.2. The van der Waals surface area contributed by atoms with E-state index in [0.29, 0.717) is 13.1 Å². The van der Waals surface area contributed by atoms with Gasteiger partial charge in [-0.2, -0.15) is 0 Å². The van der Waals surface area contributed by atoms with Gasteiger partial charge in [0.1, 0.15) is 0 Å². The molecule has 0 radical (unpaired) electrons. The fourth-order valence-electron chi connectivity index (χ4n) is 1.85. The third-order valence-corrected chi connectivity index (χ3v) is 5.06. The molecular weight excluding hydrogens is 288 g/mol. The van der Waals surface area contributed by atoms with Crippen molar-refractivity contribution in [3.63, 3.8) is 0 Å². The molecule has 1 rings (SSSR count). The minimum atomic E-state index is -3.25. The average molecular weight is 312 g/mol. The molecule has 3 N–H and O–H groups in total. The number of nitrogens with one attached hydrogen (secondary N) is 1. The minimum Gasteiger partial charge on any atom is -0.370 e. The van der Waals surface area contributed by atoms with Crippen molar-refractivity contribution in [3.05, 3.63) is 29.8 Å². The molecule has 0 heterocycles. The third-order valence-electron chi connectivity index (χ3n) is 3.05. The first-order valence-corrected chi connectivity index (χ1v) is 8.61. The second kappa shape index (κ2) is 7.99. The predicted molar refractivity (Wildman–Crippen MR) is 88.0 cm³/mol. The minimum absolute atomic E-state index is 0.0367. The van der Waals surface area contributed by atoms with Crippen LogP contribution in [0.5, 0.6) is 0 Å². The molecule has 0 atom stereocenters. The van der Waals surface area contributed by atoms with Gasteiger partial charge in [0.15, 0.2) is 5.96 Å². The summed E-state index contributed by atoms with van der Waals surface area (Å²) in [6, 6.07) is 7.70. The van der Waals surface area contributed by atoms with Crippen LogP contribution in [0.4, 0.5) is 5.69 Å². The summed E-state index contributed by atoms with van der Waals surface area (Å²) in [6.45, 7) is 6.72. The number of benzene rings is 1. The molecule has 0 aromatic heterocycles. The molecule has 1 aromatic carbocycles. The molecule has 1 aromatic rings. The van der Waals surface area contributed by atoms with Gasteiger partial charge in [0.05, 0.1) is 12.3 Å². The Kier molecular flexibility index (Phi) is 6.64. The Balaban J connectivity index is 2.54. The van der Waals surface area contributed by atoms with Crippen molar-refractivity contribution >= 4 is 21.7 Å². The molecule has 0 unspecified atom stereocenters. The molecule has 6 nitrogen and oxygen atoms in total. The van der Waals surface area contributed by atoms with Gasteiger partial charge in [0.25, 0.3) is 0 Å². The molecule has 0 aliphatic heterocycles. The Morgan fingerprint density at radius 3 is 2.33 bits per heavy atom. The molecule has 0 saturated carbocycles. The molecule has 0 spiro atoms. The highest BCUT2D eigenvalue weighted by molar-refractivity contribution is 7.89. The van der Waals surface area contributed by atoms with Gasteiger partial charge in [-0.3, -0.25) is 4.99 Å². The van der Waals surface area contributed by atoms with E-state index in [-0.39, 0.29) is 18.3 Å². The second-order valence-electron chi connectivity index (χ2n) is 4.66. The number of hydrogen-bond acceptors (Lipinski definition) is 3. The molecule has 7 heteroatoms. The SMILES string of the molecule is CCN(CC)S(=O)(=O)CCN=C(N)Nc1ccc(C)cc1. The van der Waals surface area contributed by atoms with Crippen LogP contribution in [-0.4, -0.2) is 44.1 Å². The molecule has 21 heavy (non-hydrogen) atoms. The van der Waals surface area contributed by atoms with Gasteiger partial charge in [0.2, 0.25) is 10.0 Å². The topological polar surface area (TPSA) is 87.8 Å². The van der Waals surface area contributed by atoms with Crippen LogP contribution in [0.25, 0.3) is 0 Å². The monoisotopic (exact) mass is 312 g/mol. The molecule has 0 amide bonds. The summed E-state index contributed by atoms with van der Waals surface area (Å²) in [7, 11) is -3.25. The van der Waals surface area contributed by atoms with E-state index < -0.39 is 10.0 Å². The number of nitrogens with zero attached hydrogens (tertiary/aromatic N) is 2. The van der Waals surface area contributed by atoms with Gasteiger partial charge in [0, 0.05) is 18.8 Å². The number of hydrogen-bond donors (Lipinski definition) is 2. The predicted octanol–water partition coefficient (Wildman–Crippen LogP) is 1.39. The quantitative estimate of drug-likeness (QED) is 0.588. The molecular formula is C14H24N4O2S. The first-order valence-electron chi connectivity index (χ1n) is 7.00. The van der Waals surface area contributed by atoms with E-state index in [1.54, 1.807) is 0 Å². The fraction of sp³-hybridized carbons (Fsp3) is 0.500. The molecule has 0 aliphatic rings. The average Bonchev–Trinajstić information content (AvgIpc) is 2.42. The van der Waals surface area contributed by atoms with Crippen molar-refractivity contribution in [1.82, 2.24) is 4.31 Å². The Morgan fingerprint density at radius 2 is 1.81 bits per heavy atom. The lowest BCUT2D eigenvalue weighted by Gasteiger charge is -2.17. The van der Waals surface area contributed by atoms with Crippen molar-refractivity contribution < 1.29 is 8.42 Å². The summed E-state index contributed by atoms with van der Waals surface area (Å²) in [6.07, 6.45) is 0. The molecule has 118 valence electrons. The Morgan fingerprint density at radius 1 is 1.24 bits per heavy atom. The van der Waals surface area contributed by atoms with Crippen LogP contribution in [0.1, 0.15) is 19.4 Å². The first kappa shape index (κ1) is 17.5. The van der Waals surface area contributed by atoms with Crippen LogP contribution >= 0.6 is 0 Å². The number of guanidine groups is 1. The van der Waals surface area contributed by atoms with E-state index in [4.69, 9.17) is 5.73 Å². The zero-order valence-corrected chi connectivity index (χ0v) is 13.7. The standard InChI is InChI=1S/C14H24N4O2S/c1-4-18(5-2)21(19,20)11-10-16-14(15)17-13-8-6-12(3)7-9-13/h6-9H,4-5,10-11H2,1-3H3,(H3,15,16,17). The smallest absolute Gasteiger partial charge is 0.215 e. The lowest BCUT2D eigenvalue weighted by molar-refractivity contribution is 0.445. The second-order valence-corrected chi connectivity index (χ2v) is 6.75. The number of anilines is 1. The van der Waals surface area contributed by atoms with E-state index in [1.807, 2.05) is 45.0 Å². The Hall–Kier alpha value is -1.60. The van der Waals surface area contributed by atoms with Gasteiger partial charge < -0.3 is 11.1 Å². The summed E-state index contributed by atoms with van der Waals surface area (Å²) in [5.41, 5.74) is 7.73. The van der Waals surface area contributed by atoms with Gasteiger partial charge in [-0.25, -0.2) is 12.7 Å². The largest absolute Gasteiger partial charge is 0.370 e. The van der Waals surface area contributed by atoms with Crippen LogP contribution in [-0.2, 0) is 10.0 Å². The normalized spacial score (nSPS) is 12.7. The van der Waals surface area contributed by atoms with Crippen molar-refractivity contribution in [3.8, 4) is 0 Å². The highest BCUT2D eigenvalue weighted by atomic mass is 32.2. The van der Waals surface area contributed by atoms with Crippen LogP contribution < -0.4 is 11.1 Å². The van der Waals surface area contributed by atoms with Crippen LogP contribution in [0.3, 0.4) is 0 Å². The summed E-state index contributed by atoms with van der Waals surface area (Å²) in [5, 5.41) is 2.93. The zero-order valence-electron chi connectivity index (χ0n) is 12.8. The van der Waals surface area contributed by atoms with E-state index in [2.05, 4.69) is 10.3 Å². The Bertz CT molecular complexity index is 563. The van der Waals surface area contributed by atoms with Gasteiger partial charge in [-0.1, -0.05) is 31.5 Å². The maximum atomic E-state index is 12.0. The van der Waals surface area contributed by atoms with E-state index >= 15 is 0 Å². The molecule has 0 fully saturated rings. The van der Waals surface area contributed by atoms with Crippen LogP contribution in [0.15, 0.2) is 29.3 Å². The van der Waals surface area contributed by atoms with Crippen molar-refractivity contribution in [2.24, 2.45) is 10.7 Å². The van der Waals surface area contributed by atoms with Gasteiger partial charge in [-0.05, 0) is 19.1 Å². The maximum absolute atomic E-state index is 12.0. The van der Waals surface area contributed by atoms with E-state index in [1.165, 1.54) is 4.31 Å². The van der Waals surface area contributed by atoms with Crippen molar-refractivity contribution in [2.45, 2.75) is 20.8 Å². The molecule has 0 bridgehead atoms. The lowest BCUT2D eigenvalue weighted by Crippen LogP contribution is -2.34. The highest BCUT2D eigenvalue weighted by Crippen LogP contribution is 2.08. The number of nitrogens with two attached hydrogens (primary N) is 1. The van der Waals surface area contributed by atoms with Gasteiger partial charge >= 0.3 is 0 Å². The summed E-state index contributed by atoms with van der Waals surface area (Å²) in [4.78, 5) is 4.06. The summed E-state index contributed by atoms with van der Waals surface area (Å²) < 4.78 is 25.4. The first-order chi connectivity index (χ1) is 9.89. The van der Waals surface area contributed by atoms with E-state index in [9.17, 15) is 8.42 Å². The van der Waals surface area contributed by atoms with Crippen molar-refractivity contribution in [1.29, 1.82) is 0 Å². The molecule has 0 saturated heterocycles. The Labute approximate surface area is 127 Å².